The van der Waals surface area contributed by atoms with E-state index in [0.717, 1.165) is 25.1 Å². The van der Waals surface area contributed by atoms with E-state index in [0.29, 0.717) is 12.1 Å². The number of nitrogens with two attached hydrogens (primary N) is 1. The van der Waals surface area contributed by atoms with Crippen LogP contribution in [0.3, 0.4) is 0 Å². The fourth-order valence-corrected chi connectivity index (χ4v) is 2.43. The molecule has 2 atom stereocenters. The van der Waals surface area contributed by atoms with Crippen molar-refractivity contribution in [1.82, 2.24) is 0 Å². The Morgan fingerprint density at radius 3 is 2.94 bits per heavy atom. The van der Waals surface area contributed by atoms with Gasteiger partial charge in [0.1, 0.15) is 5.82 Å². The third-order valence-electron chi connectivity index (χ3n) is 3.22. The van der Waals surface area contributed by atoms with E-state index in [1.807, 2.05) is 11.0 Å². The molecule has 1 saturated heterocycles. The molecule has 1 aromatic carbocycles. The van der Waals surface area contributed by atoms with Crippen LogP contribution in [0.5, 0.6) is 0 Å². The van der Waals surface area contributed by atoms with Gasteiger partial charge in [-0.3, -0.25) is 0 Å². The summed E-state index contributed by atoms with van der Waals surface area (Å²) in [6.07, 6.45) is 1.42. The Morgan fingerprint density at radius 1 is 1.53 bits per heavy atom. The Morgan fingerprint density at radius 2 is 2.29 bits per heavy atom. The van der Waals surface area contributed by atoms with E-state index in [-0.39, 0.29) is 18.0 Å². The molecule has 2 rings (SSSR count). The Kier molecular flexibility index (Phi) is 3.64. The van der Waals surface area contributed by atoms with E-state index < -0.39 is 0 Å². The van der Waals surface area contributed by atoms with Crippen LogP contribution in [0.1, 0.15) is 31.4 Å². The van der Waals surface area contributed by atoms with E-state index in [1.54, 1.807) is 13.0 Å². The van der Waals surface area contributed by atoms with Crippen molar-refractivity contribution in [1.29, 1.82) is 0 Å². The van der Waals surface area contributed by atoms with Crippen molar-refractivity contribution in [3.05, 3.63) is 29.6 Å². The molecule has 0 aliphatic carbocycles. The molecular formula is C13H19FN2O. The molecule has 0 bridgehead atoms. The SMILES string of the molecule is C[C@H](N)c1c(F)cccc1N1CCCC(O)C1. The lowest BCUT2D eigenvalue weighted by Crippen LogP contribution is -2.39. The summed E-state index contributed by atoms with van der Waals surface area (Å²) in [4.78, 5) is 2.02. The number of halogens is 1. The summed E-state index contributed by atoms with van der Waals surface area (Å²) < 4.78 is 13.8. The van der Waals surface area contributed by atoms with E-state index in [9.17, 15) is 9.50 Å². The van der Waals surface area contributed by atoms with E-state index in [2.05, 4.69) is 0 Å². The Labute approximate surface area is 101 Å². The van der Waals surface area contributed by atoms with Crippen LogP contribution in [0, 0.1) is 5.82 Å². The molecule has 3 nitrogen and oxygen atoms in total. The minimum atomic E-state index is -0.342. The second kappa shape index (κ2) is 5.02. The Hall–Kier alpha value is -1.13. The molecule has 1 heterocycles. The fraction of sp³-hybridized carbons (Fsp3) is 0.538. The zero-order valence-electron chi connectivity index (χ0n) is 10.1. The molecule has 1 aliphatic rings. The molecular weight excluding hydrogens is 219 g/mol. The maximum absolute atomic E-state index is 13.8. The number of hydrogen-bond donors (Lipinski definition) is 2. The first kappa shape index (κ1) is 12.3. The number of piperidine rings is 1. The van der Waals surface area contributed by atoms with Crippen molar-refractivity contribution >= 4 is 5.69 Å². The molecule has 1 aromatic rings. The maximum atomic E-state index is 13.8. The third-order valence-corrected chi connectivity index (χ3v) is 3.22. The molecule has 94 valence electrons. The van der Waals surface area contributed by atoms with Gasteiger partial charge in [-0.05, 0) is 31.9 Å². The van der Waals surface area contributed by atoms with Gasteiger partial charge >= 0.3 is 0 Å². The number of rotatable bonds is 2. The monoisotopic (exact) mass is 238 g/mol. The number of aliphatic hydroxyl groups excluding tert-OH is 1. The van der Waals surface area contributed by atoms with Crippen molar-refractivity contribution in [2.24, 2.45) is 5.73 Å². The minimum Gasteiger partial charge on any atom is -0.391 e. The second-order valence-electron chi connectivity index (χ2n) is 4.70. The molecule has 0 radical (unpaired) electrons. The summed E-state index contributed by atoms with van der Waals surface area (Å²) in [6, 6.07) is 4.66. The van der Waals surface area contributed by atoms with Gasteiger partial charge in [0.25, 0.3) is 0 Å². The van der Waals surface area contributed by atoms with Crippen LogP contribution in [0.2, 0.25) is 0 Å². The predicted octanol–water partition coefficient (Wildman–Crippen LogP) is 1.81. The summed E-state index contributed by atoms with van der Waals surface area (Å²) in [5.41, 5.74) is 7.19. The number of anilines is 1. The van der Waals surface area contributed by atoms with Crippen LogP contribution in [0.25, 0.3) is 0 Å². The van der Waals surface area contributed by atoms with Crippen molar-refractivity contribution in [2.75, 3.05) is 18.0 Å². The lowest BCUT2D eigenvalue weighted by molar-refractivity contribution is 0.154. The van der Waals surface area contributed by atoms with Crippen LogP contribution in [0.4, 0.5) is 10.1 Å². The summed E-state index contributed by atoms with van der Waals surface area (Å²) in [6.45, 7) is 3.19. The van der Waals surface area contributed by atoms with Gasteiger partial charge in [0.05, 0.1) is 6.10 Å². The van der Waals surface area contributed by atoms with Gasteiger partial charge in [0.2, 0.25) is 0 Å². The fourth-order valence-electron chi connectivity index (χ4n) is 2.43. The van der Waals surface area contributed by atoms with Crippen LogP contribution in [-0.2, 0) is 0 Å². The largest absolute Gasteiger partial charge is 0.391 e. The molecule has 0 saturated carbocycles. The second-order valence-corrected chi connectivity index (χ2v) is 4.70. The highest BCUT2D eigenvalue weighted by atomic mass is 19.1. The molecule has 1 aliphatic heterocycles. The molecule has 4 heteroatoms. The molecule has 1 unspecified atom stereocenters. The number of nitrogens with zero attached hydrogens (tertiary/aromatic N) is 1. The Balaban J connectivity index is 2.34. The van der Waals surface area contributed by atoms with E-state index in [1.165, 1.54) is 6.07 Å². The maximum Gasteiger partial charge on any atom is 0.130 e. The first-order chi connectivity index (χ1) is 8.09. The number of aliphatic hydroxyl groups is 1. The molecule has 17 heavy (non-hydrogen) atoms. The summed E-state index contributed by atoms with van der Waals surface area (Å²) >= 11 is 0. The first-order valence-corrected chi connectivity index (χ1v) is 6.06. The smallest absolute Gasteiger partial charge is 0.130 e. The van der Waals surface area contributed by atoms with Gasteiger partial charge in [-0.15, -0.1) is 0 Å². The topological polar surface area (TPSA) is 49.5 Å². The minimum absolute atomic E-state index is 0.266. The van der Waals surface area contributed by atoms with Crippen molar-refractivity contribution in [3.63, 3.8) is 0 Å². The lowest BCUT2D eigenvalue weighted by atomic mass is 10.0. The van der Waals surface area contributed by atoms with Crippen LogP contribution < -0.4 is 10.6 Å². The first-order valence-electron chi connectivity index (χ1n) is 6.06. The Bertz CT molecular complexity index is 395. The van der Waals surface area contributed by atoms with Gasteiger partial charge in [0.15, 0.2) is 0 Å². The zero-order valence-corrected chi connectivity index (χ0v) is 10.1. The standard InChI is InChI=1S/C13H19FN2O/c1-9(15)13-11(14)5-2-6-12(13)16-7-3-4-10(17)8-16/h2,5-6,9-10,17H,3-4,7-8,15H2,1H3/t9-,10?/m0/s1. The zero-order chi connectivity index (χ0) is 12.4. The molecule has 0 amide bonds. The van der Waals surface area contributed by atoms with Crippen molar-refractivity contribution < 1.29 is 9.50 Å². The third kappa shape index (κ3) is 2.58. The number of β-amino-alcohol motifs (C(OH)–C–C–N with tert-alkyl or cyclic N) is 1. The van der Waals surface area contributed by atoms with Crippen molar-refractivity contribution in [2.45, 2.75) is 31.9 Å². The molecule has 0 aromatic heterocycles. The lowest BCUT2D eigenvalue weighted by Gasteiger charge is -2.34. The van der Waals surface area contributed by atoms with Crippen molar-refractivity contribution in [3.8, 4) is 0 Å². The molecule has 0 spiro atoms. The number of benzene rings is 1. The van der Waals surface area contributed by atoms with Crippen LogP contribution in [-0.4, -0.2) is 24.3 Å². The van der Waals surface area contributed by atoms with Gasteiger partial charge in [0, 0.05) is 30.4 Å². The highest BCUT2D eigenvalue weighted by Gasteiger charge is 2.22. The van der Waals surface area contributed by atoms with Crippen LogP contribution >= 0.6 is 0 Å². The van der Waals surface area contributed by atoms with Crippen LogP contribution in [0.15, 0.2) is 18.2 Å². The number of hydrogen-bond acceptors (Lipinski definition) is 3. The quantitative estimate of drug-likeness (QED) is 0.826. The summed E-state index contributed by atoms with van der Waals surface area (Å²) in [7, 11) is 0. The predicted molar refractivity (Wildman–Crippen MR) is 66.5 cm³/mol. The highest BCUT2D eigenvalue weighted by Crippen LogP contribution is 2.29. The van der Waals surface area contributed by atoms with Gasteiger partial charge in [-0.25, -0.2) is 4.39 Å². The average Bonchev–Trinajstić information content (AvgIpc) is 2.28. The van der Waals surface area contributed by atoms with E-state index in [4.69, 9.17) is 5.73 Å². The molecule has 3 N–H and O–H groups in total. The summed E-state index contributed by atoms with van der Waals surface area (Å²) in [5.74, 6) is -0.266. The highest BCUT2D eigenvalue weighted by molar-refractivity contribution is 5.55. The van der Waals surface area contributed by atoms with Gasteiger partial charge in [-0.1, -0.05) is 6.07 Å². The summed E-state index contributed by atoms with van der Waals surface area (Å²) in [5, 5.41) is 9.67. The normalized spacial score (nSPS) is 22.6. The van der Waals surface area contributed by atoms with E-state index >= 15 is 0 Å². The van der Waals surface area contributed by atoms with Gasteiger partial charge < -0.3 is 15.7 Å². The molecule has 1 fully saturated rings. The average molecular weight is 238 g/mol. The van der Waals surface area contributed by atoms with Gasteiger partial charge in [-0.2, -0.15) is 0 Å².